The third-order valence-electron chi connectivity index (χ3n) is 5.48. The van der Waals surface area contributed by atoms with Gasteiger partial charge in [0, 0.05) is 13.1 Å². The van der Waals surface area contributed by atoms with Gasteiger partial charge in [-0.3, -0.25) is 4.79 Å². The van der Waals surface area contributed by atoms with E-state index in [1.807, 2.05) is 0 Å². The number of likely N-dealkylation sites (tertiary alicyclic amines) is 1. The molecular weight excluding hydrogens is 359 g/mol. The van der Waals surface area contributed by atoms with E-state index in [2.05, 4.69) is 15.6 Å². The van der Waals surface area contributed by atoms with Crippen LogP contribution in [0.4, 0.5) is 13.2 Å². The molecule has 0 saturated carbocycles. The van der Waals surface area contributed by atoms with E-state index in [0.717, 1.165) is 36.7 Å². The quantitative estimate of drug-likeness (QED) is 0.870. The number of para-hydroxylation sites is 1. The van der Waals surface area contributed by atoms with Gasteiger partial charge in [-0.05, 0) is 49.9 Å². The Bertz CT molecular complexity index is 820. The van der Waals surface area contributed by atoms with Crippen molar-refractivity contribution in [1.82, 2.24) is 25.2 Å². The largest absolute Gasteiger partial charge is 0.418 e. The lowest BCUT2D eigenvalue weighted by Crippen LogP contribution is -2.33. The molecule has 2 atom stereocenters. The zero-order chi connectivity index (χ0) is 19.0. The molecule has 1 amide bonds. The lowest BCUT2D eigenvalue weighted by molar-refractivity contribution is -0.137. The summed E-state index contributed by atoms with van der Waals surface area (Å²) < 4.78 is 40.6. The third kappa shape index (κ3) is 3.55. The van der Waals surface area contributed by atoms with Gasteiger partial charge in [0.05, 0.1) is 17.4 Å². The van der Waals surface area contributed by atoms with Crippen LogP contribution in [0.5, 0.6) is 0 Å². The van der Waals surface area contributed by atoms with Crippen molar-refractivity contribution in [3.05, 3.63) is 41.7 Å². The number of halogens is 3. The van der Waals surface area contributed by atoms with Crippen LogP contribution in [0, 0.1) is 11.8 Å². The Morgan fingerprint density at radius 2 is 1.78 bits per heavy atom. The molecule has 0 aliphatic carbocycles. The van der Waals surface area contributed by atoms with Crippen LogP contribution in [0.3, 0.4) is 0 Å². The highest BCUT2D eigenvalue weighted by molar-refractivity contribution is 5.92. The van der Waals surface area contributed by atoms with Crippen molar-refractivity contribution in [2.24, 2.45) is 11.8 Å². The van der Waals surface area contributed by atoms with Crippen LogP contribution in [-0.2, 0) is 6.18 Å². The van der Waals surface area contributed by atoms with Gasteiger partial charge in [0.1, 0.15) is 0 Å². The maximum atomic E-state index is 13.2. The van der Waals surface area contributed by atoms with Crippen LogP contribution in [0.25, 0.3) is 5.69 Å². The van der Waals surface area contributed by atoms with Gasteiger partial charge in [0.2, 0.25) is 0 Å². The zero-order valence-electron chi connectivity index (χ0n) is 14.6. The molecule has 27 heavy (non-hydrogen) atoms. The van der Waals surface area contributed by atoms with Gasteiger partial charge >= 0.3 is 6.18 Å². The first-order valence-corrected chi connectivity index (χ1v) is 9.02. The second-order valence-electron chi connectivity index (χ2n) is 7.11. The molecule has 2 aliphatic heterocycles. The number of carbonyl (C=O) groups is 1. The Kier molecular flexibility index (Phi) is 4.63. The Hall–Kier alpha value is -2.42. The first-order chi connectivity index (χ1) is 12.9. The van der Waals surface area contributed by atoms with Crippen molar-refractivity contribution in [3.63, 3.8) is 0 Å². The van der Waals surface area contributed by atoms with Gasteiger partial charge in [-0.15, -0.1) is 5.10 Å². The summed E-state index contributed by atoms with van der Waals surface area (Å²) in [6, 6.07) is 5.11. The van der Waals surface area contributed by atoms with E-state index >= 15 is 0 Å². The second-order valence-corrected chi connectivity index (χ2v) is 7.11. The zero-order valence-corrected chi connectivity index (χ0v) is 14.6. The maximum absolute atomic E-state index is 13.2. The predicted molar refractivity (Wildman–Crippen MR) is 91.3 cm³/mol. The lowest BCUT2D eigenvalue weighted by Gasteiger charge is -2.19. The number of amides is 1. The summed E-state index contributed by atoms with van der Waals surface area (Å²) in [7, 11) is 0. The summed E-state index contributed by atoms with van der Waals surface area (Å²) in [6.07, 6.45) is -1.38. The Balaban J connectivity index is 1.54. The number of nitrogens with one attached hydrogen (secondary N) is 1. The predicted octanol–water partition coefficient (Wildman–Crippen LogP) is 2.36. The molecule has 3 heterocycles. The number of aromatic nitrogens is 3. The molecule has 2 aromatic rings. The monoisotopic (exact) mass is 379 g/mol. The van der Waals surface area contributed by atoms with Crippen molar-refractivity contribution in [3.8, 4) is 5.69 Å². The van der Waals surface area contributed by atoms with Crippen molar-refractivity contribution in [2.45, 2.75) is 19.0 Å². The number of rotatable bonds is 2. The van der Waals surface area contributed by atoms with Crippen molar-refractivity contribution >= 4 is 5.91 Å². The van der Waals surface area contributed by atoms with E-state index in [0.29, 0.717) is 24.9 Å². The fourth-order valence-corrected chi connectivity index (χ4v) is 3.98. The summed E-state index contributed by atoms with van der Waals surface area (Å²) in [6.45, 7) is 3.23. The van der Waals surface area contributed by atoms with E-state index in [9.17, 15) is 18.0 Å². The highest BCUT2D eigenvalue weighted by Crippen LogP contribution is 2.33. The lowest BCUT2D eigenvalue weighted by atomic mass is 9.92. The number of hydrogen-bond donors (Lipinski definition) is 1. The third-order valence-corrected chi connectivity index (χ3v) is 5.48. The van der Waals surface area contributed by atoms with Crippen LogP contribution in [0.2, 0.25) is 0 Å². The number of fused-ring (bicyclic) bond motifs is 1. The smallest absolute Gasteiger partial charge is 0.337 e. The normalized spacial score (nSPS) is 23.1. The number of hydrogen-bond acceptors (Lipinski definition) is 4. The van der Waals surface area contributed by atoms with Gasteiger partial charge in [0.25, 0.3) is 5.91 Å². The van der Waals surface area contributed by atoms with Gasteiger partial charge in [-0.1, -0.05) is 17.3 Å². The number of carbonyl (C=O) groups excluding carboxylic acids is 1. The van der Waals surface area contributed by atoms with Gasteiger partial charge < -0.3 is 10.2 Å². The molecule has 0 unspecified atom stereocenters. The topological polar surface area (TPSA) is 63.1 Å². The molecule has 1 aromatic heterocycles. The Morgan fingerprint density at radius 3 is 2.44 bits per heavy atom. The average molecular weight is 379 g/mol. The van der Waals surface area contributed by atoms with E-state index in [1.165, 1.54) is 24.4 Å². The van der Waals surface area contributed by atoms with E-state index in [4.69, 9.17) is 0 Å². The van der Waals surface area contributed by atoms with Crippen molar-refractivity contribution < 1.29 is 18.0 Å². The number of benzene rings is 1. The molecule has 1 N–H and O–H groups in total. The van der Waals surface area contributed by atoms with Crippen LogP contribution in [0.1, 0.15) is 28.9 Å². The molecule has 4 rings (SSSR count). The number of alkyl halides is 3. The van der Waals surface area contributed by atoms with Crippen LogP contribution in [0.15, 0.2) is 30.5 Å². The molecule has 0 radical (unpaired) electrons. The fourth-order valence-electron chi connectivity index (χ4n) is 3.98. The van der Waals surface area contributed by atoms with Gasteiger partial charge in [-0.2, -0.15) is 13.2 Å². The number of nitrogens with zero attached hydrogens (tertiary/aromatic N) is 4. The first kappa shape index (κ1) is 18.0. The molecule has 0 spiro atoms. The summed E-state index contributed by atoms with van der Waals surface area (Å²) in [5, 5.41) is 11.0. The van der Waals surface area contributed by atoms with Crippen molar-refractivity contribution in [1.29, 1.82) is 0 Å². The molecule has 2 aliphatic rings. The van der Waals surface area contributed by atoms with Gasteiger partial charge in [-0.25, -0.2) is 4.68 Å². The highest BCUT2D eigenvalue weighted by atomic mass is 19.4. The Morgan fingerprint density at radius 1 is 1.11 bits per heavy atom. The second kappa shape index (κ2) is 6.95. The summed E-state index contributed by atoms with van der Waals surface area (Å²) >= 11 is 0. The van der Waals surface area contributed by atoms with Crippen LogP contribution >= 0.6 is 0 Å². The molecule has 144 valence electrons. The van der Waals surface area contributed by atoms with E-state index in [1.54, 1.807) is 4.90 Å². The SMILES string of the molecule is O=C(c1cn(-c2ccccc2C(F)(F)F)nn1)N1CC[C@@H]2CNC[C@@H]2CC1. The average Bonchev–Trinajstić information content (AvgIpc) is 3.26. The van der Waals surface area contributed by atoms with E-state index < -0.39 is 11.7 Å². The molecule has 2 saturated heterocycles. The molecular formula is C18H20F3N5O. The Labute approximate surface area is 154 Å². The summed E-state index contributed by atoms with van der Waals surface area (Å²) in [5.41, 5.74) is -0.894. The van der Waals surface area contributed by atoms with Crippen LogP contribution in [-0.4, -0.2) is 52.0 Å². The van der Waals surface area contributed by atoms with E-state index in [-0.39, 0.29) is 17.3 Å². The summed E-state index contributed by atoms with van der Waals surface area (Å²) in [5.74, 6) is 0.882. The minimum absolute atomic E-state index is 0.0668. The summed E-state index contributed by atoms with van der Waals surface area (Å²) in [4.78, 5) is 14.5. The molecule has 6 nitrogen and oxygen atoms in total. The molecule has 9 heteroatoms. The van der Waals surface area contributed by atoms with Crippen LogP contribution < -0.4 is 5.32 Å². The minimum Gasteiger partial charge on any atom is -0.337 e. The highest BCUT2D eigenvalue weighted by Gasteiger charge is 2.35. The minimum atomic E-state index is -4.51. The fraction of sp³-hybridized carbons (Fsp3) is 0.500. The molecule has 0 bridgehead atoms. The standard InChI is InChI=1S/C18H20F3N5O/c19-18(20,21)14-3-1-2-4-16(14)26-11-15(23-24-26)17(27)25-7-5-12-9-22-10-13(12)6-8-25/h1-4,11-13,22H,5-10H2/t12-,13+. The molecule has 2 fully saturated rings. The molecule has 1 aromatic carbocycles. The van der Waals surface area contributed by atoms with Crippen molar-refractivity contribution in [2.75, 3.05) is 26.2 Å². The first-order valence-electron chi connectivity index (χ1n) is 9.02. The maximum Gasteiger partial charge on any atom is 0.418 e. The van der Waals surface area contributed by atoms with Gasteiger partial charge in [0.15, 0.2) is 5.69 Å².